The number of amides is 1. The van der Waals surface area contributed by atoms with E-state index >= 15 is 0 Å². The second-order valence-electron chi connectivity index (χ2n) is 4.62. The first-order chi connectivity index (χ1) is 10.2. The summed E-state index contributed by atoms with van der Waals surface area (Å²) in [6, 6.07) is 14.0. The zero-order valence-corrected chi connectivity index (χ0v) is 12.7. The van der Waals surface area contributed by atoms with Gasteiger partial charge in [-0.15, -0.1) is 0 Å². The van der Waals surface area contributed by atoms with Gasteiger partial charge in [0.15, 0.2) is 5.17 Å². The molecule has 1 aliphatic heterocycles. The first-order valence-corrected chi connectivity index (χ1v) is 7.39. The Hall–Kier alpha value is -2.27. The van der Waals surface area contributed by atoms with Crippen LogP contribution in [-0.4, -0.2) is 34.6 Å². The summed E-state index contributed by atoms with van der Waals surface area (Å²) in [7, 11) is 3.44. The lowest BCUT2D eigenvalue weighted by Gasteiger charge is -2.07. The highest BCUT2D eigenvalue weighted by molar-refractivity contribution is 8.18. The van der Waals surface area contributed by atoms with Crippen LogP contribution >= 0.6 is 11.8 Å². The third-order valence-electron chi connectivity index (χ3n) is 3.29. The predicted octanol–water partition coefficient (Wildman–Crippen LogP) is 3.01. The summed E-state index contributed by atoms with van der Waals surface area (Å²) in [5.74, 6) is -0.0126. The molecule has 0 bridgehead atoms. The molecule has 2 heterocycles. The first-order valence-electron chi connectivity index (χ1n) is 6.58. The van der Waals surface area contributed by atoms with Crippen molar-refractivity contribution < 1.29 is 4.79 Å². The Morgan fingerprint density at radius 1 is 1.14 bits per heavy atom. The molecule has 1 aromatic heterocycles. The largest absolute Gasteiger partial charge is 0.317 e. The Bertz CT molecular complexity index is 731. The maximum absolute atomic E-state index is 12.2. The number of para-hydroxylation sites is 1. The van der Waals surface area contributed by atoms with Gasteiger partial charge in [0.25, 0.3) is 5.91 Å². The topological polar surface area (TPSA) is 37.6 Å². The quantitative estimate of drug-likeness (QED) is 0.799. The van der Waals surface area contributed by atoms with E-state index in [1.165, 1.54) is 11.8 Å². The molecule has 0 aliphatic carbocycles. The molecule has 3 rings (SSSR count). The molecule has 0 unspecified atom stereocenters. The summed E-state index contributed by atoms with van der Waals surface area (Å²) in [5, 5.41) is 0.726. The standard InChI is InChI=1S/C16H15N3OS/c1-17-16-18(2)15(20)14(21-16)11-13-9-6-10-19(13)12-7-4-3-5-8-12/h3-11H,1-2H3/b14-11-,17-16?. The van der Waals surface area contributed by atoms with Crippen molar-refractivity contribution in [3.05, 3.63) is 59.3 Å². The van der Waals surface area contributed by atoms with Crippen molar-refractivity contribution in [3.8, 4) is 5.69 Å². The molecule has 1 aliphatic rings. The van der Waals surface area contributed by atoms with Crippen LogP contribution in [0.15, 0.2) is 58.6 Å². The van der Waals surface area contributed by atoms with E-state index in [-0.39, 0.29) is 5.91 Å². The van der Waals surface area contributed by atoms with Gasteiger partial charge in [-0.1, -0.05) is 18.2 Å². The molecule has 0 atom stereocenters. The molecule has 5 heteroatoms. The number of rotatable bonds is 2. The Labute approximate surface area is 127 Å². The van der Waals surface area contributed by atoms with Crippen LogP contribution in [0, 0.1) is 0 Å². The molecule has 0 spiro atoms. The Kier molecular flexibility index (Phi) is 3.66. The number of nitrogens with zero attached hydrogens (tertiary/aromatic N) is 3. The van der Waals surface area contributed by atoms with Crippen LogP contribution < -0.4 is 0 Å². The van der Waals surface area contributed by atoms with Gasteiger partial charge in [-0.05, 0) is 42.1 Å². The van der Waals surface area contributed by atoms with Crippen LogP contribution in [0.25, 0.3) is 11.8 Å². The molecule has 0 saturated carbocycles. The van der Waals surface area contributed by atoms with Gasteiger partial charge in [-0.25, -0.2) is 0 Å². The van der Waals surface area contributed by atoms with Crippen molar-refractivity contribution in [1.29, 1.82) is 0 Å². The Morgan fingerprint density at radius 2 is 1.90 bits per heavy atom. The van der Waals surface area contributed by atoms with Crippen molar-refractivity contribution in [2.45, 2.75) is 0 Å². The highest BCUT2D eigenvalue weighted by atomic mass is 32.2. The van der Waals surface area contributed by atoms with Crippen molar-refractivity contribution in [1.82, 2.24) is 9.47 Å². The van der Waals surface area contributed by atoms with Gasteiger partial charge in [-0.2, -0.15) is 0 Å². The van der Waals surface area contributed by atoms with E-state index in [0.717, 1.165) is 16.5 Å². The molecule has 0 radical (unpaired) electrons. The minimum Gasteiger partial charge on any atom is -0.317 e. The van der Waals surface area contributed by atoms with Gasteiger partial charge in [0, 0.05) is 31.7 Å². The SMILES string of the molecule is CN=C1S/C(=C\c2cccn2-c2ccccc2)C(=O)N1C. The zero-order valence-electron chi connectivity index (χ0n) is 11.9. The molecular formula is C16H15N3OS. The molecule has 1 aromatic carbocycles. The molecule has 2 aromatic rings. The highest BCUT2D eigenvalue weighted by Crippen LogP contribution is 2.31. The van der Waals surface area contributed by atoms with E-state index in [0.29, 0.717) is 4.91 Å². The van der Waals surface area contributed by atoms with E-state index in [1.807, 2.05) is 54.7 Å². The van der Waals surface area contributed by atoms with Crippen molar-refractivity contribution in [3.63, 3.8) is 0 Å². The number of hydrogen-bond acceptors (Lipinski definition) is 3. The average Bonchev–Trinajstić information content (AvgIpc) is 3.08. The number of aliphatic imine (C=N–C) groups is 1. The minimum absolute atomic E-state index is 0.0126. The predicted molar refractivity (Wildman–Crippen MR) is 87.5 cm³/mol. The molecule has 21 heavy (non-hydrogen) atoms. The normalized spacial score (nSPS) is 19.0. The fourth-order valence-corrected chi connectivity index (χ4v) is 3.13. The number of benzene rings is 1. The molecule has 1 amide bonds. The monoisotopic (exact) mass is 297 g/mol. The maximum atomic E-state index is 12.2. The van der Waals surface area contributed by atoms with Crippen LogP contribution in [-0.2, 0) is 4.79 Å². The van der Waals surface area contributed by atoms with Crippen LogP contribution in [0.5, 0.6) is 0 Å². The second-order valence-corrected chi connectivity index (χ2v) is 5.63. The summed E-state index contributed by atoms with van der Waals surface area (Å²) in [6.07, 6.45) is 3.90. The summed E-state index contributed by atoms with van der Waals surface area (Å²) >= 11 is 1.40. The van der Waals surface area contributed by atoms with Gasteiger partial charge in [-0.3, -0.25) is 14.7 Å². The molecular weight excluding hydrogens is 282 g/mol. The summed E-state index contributed by atoms with van der Waals surface area (Å²) in [4.78, 5) is 18.6. The van der Waals surface area contributed by atoms with Crippen molar-refractivity contribution >= 4 is 28.9 Å². The molecule has 1 fully saturated rings. The van der Waals surface area contributed by atoms with Crippen LogP contribution in [0.4, 0.5) is 0 Å². The maximum Gasteiger partial charge on any atom is 0.266 e. The van der Waals surface area contributed by atoms with E-state index in [4.69, 9.17) is 0 Å². The van der Waals surface area contributed by atoms with E-state index < -0.39 is 0 Å². The lowest BCUT2D eigenvalue weighted by molar-refractivity contribution is -0.121. The number of carbonyl (C=O) groups excluding carboxylic acids is 1. The average molecular weight is 297 g/mol. The van der Waals surface area contributed by atoms with Gasteiger partial charge in [0.2, 0.25) is 0 Å². The molecule has 1 saturated heterocycles. The first kappa shape index (κ1) is 13.7. The zero-order chi connectivity index (χ0) is 14.8. The van der Waals surface area contributed by atoms with Crippen LogP contribution in [0.3, 0.4) is 0 Å². The third kappa shape index (κ3) is 2.52. The summed E-state index contributed by atoms with van der Waals surface area (Å²) < 4.78 is 2.06. The summed E-state index contributed by atoms with van der Waals surface area (Å²) in [6.45, 7) is 0. The van der Waals surface area contributed by atoms with Crippen molar-refractivity contribution in [2.24, 2.45) is 4.99 Å². The third-order valence-corrected chi connectivity index (χ3v) is 4.44. The number of carbonyl (C=O) groups is 1. The molecule has 0 N–H and O–H groups in total. The van der Waals surface area contributed by atoms with Crippen LogP contribution in [0.1, 0.15) is 5.69 Å². The van der Waals surface area contributed by atoms with E-state index in [2.05, 4.69) is 9.56 Å². The molecule has 4 nitrogen and oxygen atoms in total. The van der Waals surface area contributed by atoms with Crippen molar-refractivity contribution in [2.75, 3.05) is 14.1 Å². The number of amidine groups is 1. The smallest absolute Gasteiger partial charge is 0.266 e. The number of aromatic nitrogens is 1. The van der Waals surface area contributed by atoms with Gasteiger partial charge in [0.1, 0.15) is 0 Å². The van der Waals surface area contributed by atoms with Gasteiger partial charge in [0.05, 0.1) is 4.91 Å². The highest BCUT2D eigenvalue weighted by Gasteiger charge is 2.29. The lowest BCUT2D eigenvalue weighted by Crippen LogP contribution is -2.23. The van der Waals surface area contributed by atoms with E-state index in [9.17, 15) is 4.79 Å². The Balaban J connectivity index is 1.99. The van der Waals surface area contributed by atoms with Crippen LogP contribution in [0.2, 0.25) is 0 Å². The fraction of sp³-hybridized carbons (Fsp3) is 0.125. The van der Waals surface area contributed by atoms with Gasteiger partial charge < -0.3 is 4.57 Å². The summed E-state index contributed by atoms with van der Waals surface area (Å²) in [5.41, 5.74) is 2.05. The lowest BCUT2D eigenvalue weighted by atomic mass is 10.3. The number of likely N-dealkylation sites (N-methyl/N-ethyl adjacent to an activating group) is 1. The van der Waals surface area contributed by atoms with E-state index in [1.54, 1.807) is 19.0 Å². The fourth-order valence-electron chi connectivity index (χ4n) is 2.22. The minimum atomic E-state index is -0.0126. The number of hydrogen-bond donors (Lipinski definition) is 0. The Morgan fingerprint density at radius 3 is 2.57 bits per heavy atom. The second kappa shape index (κ2) is 5.61. The van der Waals surface area contributed by atoms with Gasteiger partial charge >= 0.3 is 0 Å². The number of thioether (sulfide) groups is 1. The molecule has 106 valence electrons.